The summed E-state index contributed by atoms with van der Waals surface area (Å²) in [6.45, 7) is 2.56. The van der Waals surface area contributed by atoms with Gasteiger partial charge in [0.15, 0.2) is 6.04 Å². The number of hydrogen-bond acceptors (Lipinski definition) is 8. The van der Waals surface area contributed by atoms with Crippen LogP contribution in [0.15, 0.2) is 12.2 Å². The van der Waals surface area contributed by atoms with Gasteiger partial charge in [-0.2, -0.15) is 0 Å². The molecule has 0 bridgehead atoms. The second-order valence-corrected chi connectivity index (χ2v) is 15.3. The number of carbonyl (C=O) groups excluding carboxylic acids is 2. The van der Waals surface area contributed by atoms with E-state index < -0.39 is 57.6 Å². The van der Waals surface area contributed by atoms with Crippen molar-refractivity contribution in [2.45, 2.75) is 199 Å². The van der Waals surface area contributed by atoms with E-state index in [1.807, 2.05) is 0 Å². The molecule has 0 aromatic rings. The Bertz CT molecular complexity index is 932. The molecule has 0 radical (unpaired) electrons. The molecular weight excluding hydrogens is 673 g/mol. The van der Waals surface area contributed by atoms with Gasteiger partial charge in [0.25, 0.3) is 0 Å². The smallest absolute Gasteiger partial charge is 0.472 e. The van der Waals surface area contributed by atoms with Crippen LogP contribution in [0.3, 0.4) is 0 Å². The number of aliphatic hydroxyl groups excluding tert-OH is 1. The zero-order chi connectivity index (χ0) is 37.8. The van der Waals surface area contributed by atoms with Crippen molar-refractivity contribution in [2.24, 2.45) is 0 Å². The highest BCUT2D eigenvalue weighted by Crippen LogP contribution is 2.43. The predicted octanol–water partition coefficient (Wildman–Crippen LogP) is 9.72. The number of hydrogen-bond donors (Lipinski definition) is 4. The van der Waals surface area contributed by atoms with E-state index in [1.54, 1.807) is 0 Å². The van der Waals surface area contributed by atoms with Crippen LogP contribution in [-0.4, -0.2) is 64.9 Å². The summed E-state index contributed by atoms with van der Waals surface area (Å²) in [4.78, 5) is 45.7. The first-order valence-electron chi connectivity index (χ1n) is 20.2. The van der Waals surface area contributed by atoms with Crippen molar-refractivity contribution < 1.29 is 47.8 Å². The molecule has 0 aliphatic rings. The van der Waals surface area contributed by atoms with Crippen LogP contribution in [0.5, 0.6) is 0 Å². The molecule has 0 saturated heterocycles. The molecule has 51 heavy (non-hydrogen) atoms. The molecule has 0 spiro atoms. The zero-order valence-electron chi connectivity index (χ0n) is 32.2. The normalized spacial score (nSPS) is 14.0. The molecule has 300 valence electrons. The van der Waals surface area contributed by atoms with Crippen molar-refractivity contribution in [1.82, 2.24) is 5.32 Å². The van der Waals surface area contributed by atoms with E-state index in [9.17, 15) is 34.1 Å². The van der Waals surface area contributed by atoms with Gasteiger partial charge in [0.1, 0.15) is 12.7 Å². The lowest BCUT2D eigenvalue weighted by molar-refractivity contribution is -0.147. The Balaban J connectivity index is 3.93. The number of carbonyl (C=O) groups is 3. The Morgan fingerprint density at radius 1 is 0.608 bits per heavy atom. The van der Waals surface area contributed by atoms with Crippen LogP contribution in [-0.2, 0) is 32.7 Å². The lowest BCUT2D eigenvalue weighted by Crippen LogP contribution is -2.43. The Kier molecular flexibility index (Phi) is 34.0. The fourth-order valence-electron chi connectivity index (χ4n) is 5.60. The largest absolute Gasteiger partial charge is 0.480 e. The summed E-state index contributed by atoms with van der Waals surface area (Å²) < 4.78 is 26.7. The summed E-state index contributed by atoms with van der Waals surface area (Å²) >= 11 is 0. The first-order valence-corrected chi connectivity index (χ1v) is 21.7. The molecule has 0 aliphatic carbocycles. The minimum atomic E-state index is -4.75. The topological polar surface area (TPSA) is 169 Å². The number of carboxylic acids is 1. The monoisotopic (exact) mass is 748 g/mol. The highest BCUT2D eigenvalue weighted by atomic mass is 31.2. The number of aliphatic carboxylic acids is 1. The van der Waals surface area contributed by atoms with E-state index in [-0.39, 0.29) is 12.8 Å². The standard InChI is InChI=1S/C39H74NO10P/c1-3-5-7-9-11-13-15-17-18-19-21-23-25-27-29-31-38(43)48-32-35(41)33-49-51(46,47)50-34-36(39(44)45)40-37(42)30-28-26-24-22-20-16-14-12-10-8-6-4-2/h17-18,35-36,41H,3-16,19-34H2,1-2H3,(H,40,42)(H,44,45)(H,46,47)/b18-17-. The molecule has 3 unspecified atom stereocenters. The van der Waals surface area contributed by atoms with Gasteiger partial charge in [0, 0.05) is 12.8 Å². The maximum absolute atomic E-state index is 12.2. The van der Waals surface area contributed by atoms with E-state index in [0.717, 1.165) is 57.8 Å². The van der Waals surface area contributed by atoms with E-state index in [4.69, 9.17) is 13.8 Å². The molecule has 12 heteroatoms. The summed E-state index contributed by atoms with van der Waals surface area (Å²) in [5, 5.41) is 21.7. The van der Waals surface area contributed by atoms with Crippen molar-refractivity contribution in [3.8, 4) is 0 Å². The van der Waals surface area contributed by atoms with Crippen molar-refractivity contribution in [3.63, 3.8) is 0 Å². The van der Waals surface area contributed by atoms with Gasteiger partial charge < -0.3 is 25.2 Å². The Morgan fingerprint density at radius 3 is 1.49 bits per heavy atom. The SMILES string of the molecule is CCCCCCCC/C=C\CCCCCCCC(=O)OCC(O)COP(=O)(O)OCC(NC(=O)CCCCCCCCCCCCCC)C(=O)O. The molecule has 0 aliphatic heterocycles. The van der Waals surface area contributed by atoms with E-state index in [1.165, 1.54) is 89.9 Å². The van der Waals surface area contributed by atoms with E-state index >= 15 is 0 Å². The van der Waals surface area contributed by atoms with Crippen LogP contribution in [0.25, 0.3) is 0 Å². The second kappa shape index (κ2) is 35.3. The lowest BCUT2D eigenvalue weighted by atomic mass is 10.0. The predicted molar refractivity (Wildman–Crippen MR) is 203 cm³/mol. The van der Waals surface area contributed by atoms with Crippen LogP contribution >= 0.6 is 7.82 Å². The fraction of sp³-hybridized carbons (Fsp3) is 0.872. The number of carboxylic acid groups (broad SMARTS) is 1. The van der Waals surface area contributed by atoms with Crippen LogP contribution in [0, 0.1) is 0 Å². The fourth-order valence-corrected chi connectivity index (χ4v) is 6.38. The third-order valence-electron chi connectivity index (χ3n) is 8.80. The van der Waals surface area contributed by atoms with Crippen molar-refractivity contribution in [1.29, 1.82) is 0 Å². The van der Waals surface area contributed by atoms with Gasteiger partial charge in [0.2, 0.25) is 5.91 Å². The highest BCUT2D eigenvalue weighted by molar-refractivity contribution is 7.47. The minimum Gasteiger partial charge on any atom is -0.480 e. The molecule has 3 atom stereocenters. The molecule has 0 saturated carbocycles. The number of unbranched alkanes of at least 4 members (excludes halogenated alkanes) is 22. The number of phosphoric acid groups is 1. The van der Waals surface area contributed by atoms with Gasteiger partial charge in [-0.05, 0) is 38.5 Å². The Morgan fingerprint density at radius 2 is 1.02 bits per heavy atom. The van der Waals surface area contributed by atoms with Crippen LogP contribution in [0.2, 0.25) is 0 Å². The van der Waals surface area contributed by atoms with Crippen molar-refractivity contribution in [2.75, 3.05) is 19.8 Å². The number of ether oxygens (including phenoxy) is 1. The van der Waals surface area contributed by atoms with Gasteiger partial charge >= 0.3 is 19.8 Å². The van der Waals surface area contributed by atoms with Crippen LogP contribution in [0.1, 0.15) is 187 Å². The van der Waals surface area contributed by atoms with Crippen LogP contribution < -0.4 is 5.32 Å². The number of esters is 1. The molecule has 11 nitrogen and oxygen atoms in total. The van der Waals surface area contributed by atoms with Gasteiger partial charge in [-0.3, -0.25) is 18.6 Å². The Hall–Kier alpha value is -1.78. The molecule has 0 rings (SSSR count). The maximum Gasteiger partial charge on any atom is 0.472 e. The number of aliphatic hydroxyl groups is 1. The first kappa shape index (κ1) is 49.2. The number of nitrogens with one attached hydrogen (secondary N) is 1. The van der Waals surface area contributed by atoms with E-state index in [2.05, 4.69) is 31.3 Å². The van der Waals surface area contributed by atoms with Crippen molar-refractivity contribution in [3.05, 3.63) is 12.2 Å². The minimum absolute atomic E-state index is 0.149. The molecular formula is C39H74NO10P. The molecule has 0 aromatic carbocycles. The quantitative estimate of drug-likeness (QED) is 0.0206. The van der Waals surface area contributed by atoms with E-state index in [0.29, 0.717) is 12.8 Å². The number of amides is 1. The third kappa shape index (κ3) is 35.0. The average Bonchev–Trinajstić information content (AvgIpc) is 3.10. The second-order valence-electron chi connectivity index (χ2n) is 13.8. The number of allylic oxidation sites excluding steroid dienone is 2. The number of phosphoric ester groups is 1. The van der Waals surface area contributed by atoms with Crippen LogP contribution in [0.4, 0.5) is 0 Å². The molecule has 0 heterocycles. The summed E-state index contributed by atoms with van der Waals surface area (Å²) in [5.74, 6) is -2.37. The Labute approximate surface area is 309 Å². The van der Waals surface area contributed by atoms with Gasteiger partial charge in [-0.15, -0.1) is 0 Å². The lowest BCUT2D eigenvalue weighted by Gasteiger charge is -2.18. The van der Waals surface area contributed by atoms with Gasteiger partial charge in [0.05, 0.1) is 13.2 Å². The summed E-state index contributed by atoms with van der Waals surface area (Å²) in [7, 11) is -4.75. The molecule has 0 aromatic heterocycles. The summed E-state index contributed by atoms with van der Waals surface area (Å²) in [6, 6.07) is -1.54. The van der Waals surface area contributed by atoms with Crippen molar-refractivity contribution >= 4 is 25.7 Å². The summed E-state index contributed by atoms with van der Waals surface area (Å²) in [6.07, 6.45) is 32.4. The molecule has 0 fully saturated rings. The summed E-state index contributed by atoms with van der Waals surface area (Å²) in [5.41, 5.74) is 0. The molecule has 4 N–H and O–H groups in total. The maximum atomic E-state index is 12.2. The third-order valence-corrected chi connectivity index (χ3v) is 9.76. The average molecular weight is 748 g/mol. The highest BCUT2D eigenvalue weighted by Gasteiger charge is 2.28. The number of rotatable bonds is 38. The van der Waals surface area contributed by atoms with Gasteiger partial charge in [-0.1, -0.05) is 148 Å². The first-order chi connectivity index (χ1) is 24.6. The van der Waals surface area contributed by atoms with Gasteiger partial charge in [-0.25, -0.2) is 9.36 Å². The zero-order valence-corrected chi connectivity index (χ0v) is 33.1. The molecule has 1 amide bonds.